The van der Waals surface area contributed by atoms with Crippen molar-refractivity contribution in [3.05, 3.63) is 0 Å². The fourth-order valence-electron chi connectivity index (χ4n) is 0. The van der Waals surface area contributed by atoms with Crippen LogP contribution in [0.25, 0.3) is 0 Å². The van der Waals surface area contributed by atoms with E-state index in [1.54, 1.807) is 0 Å². The Balaban J connectivity index is -0.00000000500. The van der Waals surface area contributed by atoms with E-state index in [1.165, 1.54) is 0 Å². The Kier molecular flexibility index (Phi) is 4860. The summed E-state index contributed by atoms with van der Waals surface area (Å²) in [4.78, 5) is 0. The minimum absolute atomic E-state index is 0. The molecule has 0 spiro atoms. The summed E-state index contributed by atoms with van der Waals surface area (Å²) in [5.74, 6) is 0. The maximum absolute atomic E-state index is 8.25. The van der Waals surface area contributed by atoms with Crippen LogP contribution in [0.2, 0.25) is 0 Å². The van der Waals surface area contributed by atoms with Crippen molar-refractivity contribution in [1.29, 1.82) is 0 Å². The zero-order valence-corrected chi connectivity index (χ0v) is 15.1. The molecular formula is C6H18NaO6Ta. The van der Waals surface area contributed by atoms with Crippen molar-refractivity contribution in [3.63, 3.8) is 0 Å². The molecule has 0 fully saturated rings. The second kappa shape index (κ2) is 1170. The van der Waals surface area contributed by atoms with Crippen LogP contribution >= 0.6 is 0 Å². The molecule has 0 aromatic heterocycles. The van der Waals surface area contributed by atoms with Crippen LogP contribution in [-0.2, 0) is 22.4 Å². The van der Waals surface area contributed by atoms with Gasteiger partial charge in [0.05, 0.1) is 0 Å². The van der Waals surface area contributed by atoms with Gasteiger partial charge >= 0.3 is 51.9 Å². The molecule has 0 bridgehead atoms. The first-order chi connectivity index (χ1) is 6.00. The van der Waals surface area contributed by atoms with Gasteiger partial charge in [0.15, 0.2) is 0 Å². The third-order valence-corrected chi connectivity index (χ3v) is 0. The first-order valence-electron chi connectivity index (χ1n) is 2.45. The third-order valence-electron chi connectivity index (χ3n) is 0. The standard InChI is InChI=1S/6CH3O.Na.Ta/c6*1-2;;/h6*1H3;;/q6*-1;+1;+5. The molecule has 0 aliphatic rings. The Morgan fingerprint density at radius 2 is 0.357 bits per heavy atom. The first-order valence-corrected chi connectivity index (χ1v) is 2.45. The van der Waals surface area contributed by atoms with Gasteiger partial charge in [0.25, 0.3) is 0 Å². The zero-order chi connectivity index (χ0) is 12.0. The Bertz CT molecular complexity index is 22.3. The summed E-state index contributed by atoms with van der Waals surface area (Å²) in [6, 6.07) is 0. The van der Waals surface area contributed by atoms with Gasteiger partial charge in [-0.2, -0.15) is 42.7 Å². The van der Waals surface area contributed by atoms with Gasteiger partial charge in [-0.25, -0.2) is 0 Å². The van der Waals surface area contributed by atoms with E-state index in [-0.39, 0.29) is 51.9 Å². The second-order valence-electron chi connectivity index (χ2n) is 0. The first kappa shape index (κ1) is 57.9. The van der Waals surface area contributed by atoms with Gasteiger partial charge in [0.2, 0.25) is 0 Å². The fraction of sp³-hybridized carbons (Fsp3) is 1.00. The van der Waals surface area contributed by atoms with Gasteiger partial charge in [-0.1, -0.05) is 0 Å². The van der Waals surface area contributed by atoms with E-state index < -0.39 is 0 Å². The third kappa shape index (κ3) is 937. The predicted octanol–water partition coefficient (Wildman–Crippen LogP) is -9.14. The van der Waals surface area contributed by atoms with Gasteiger partial charge in [0.1, 0.15) is 0 Å². The molecule has 6 nitrogen and oxygen atoms in total. The molecule has 0 unspecified atom stereocenters. The van der Waals surface area contributed by atoms with Crippen LogP contribution in [0.4, 0.5) is 0 Å². The minimum atomic E-state index is 0. The maximum Gasteiger partial charge on any atom is 5.00 e. The van der Waals surface area contributed by atoms with Crippen LogP contribution in [-0.4, -0.2) is 42.7 Å². The van der Waals surface area contributed by atoms with E-state index in [0.717, 1.165) is 42.7 Å². The summed E-state index contributed by atoms with van der Waals surface area (Å²) in [7, 11) is 4.50. The molecule has 14 heavy (non-hydrogen) atoms. The molecule has 0 atom stereocenters. The molecule has 0 saturated heterocycles. The van der Waals surface area contributed by atoms with Crippen molar-refractivity contribution in [3.8, 4) is 0 Å². The molecule has 0 aromatic rings. The average Bonchev–Trinajstić information content (AvgIpc) is 2.33. The molecule has 0 rings (SSSR count). The van der Waals surface area contributed by atoms with Gasteiger partial charge in [-0.15, -0.1) is 0 Å². The van der Waals surface area contributed by atoms with Crippen LogP contribution in [0.15, 0.2) is 0 Å². The van der Waals surface area contributed by atoms with Crippen molar-refractivity contribution < 1.29 is 82.6 Å². The Labute approximate surface area is 124 Å². The summed E-state index contributed by atoms with van der Waals surface area (Å²) in [6.45, 7) is 0. The summed E-state index contributed by atoms with van der Waals surface area (Å²) in [5, 5.41) is 49.5. The van der Waals surface area contributed by atoms with Gasteiger partial charge < -0.3 is 30.6 Å². The smallest absolute Gasteiger partial charge is 0.857 e. The van der Waals surface area contributed by atoms with E-state index in [4.69, 9.17) is 30.6 Å². The zero-order valence-electron chi connectivity index (χ0n) is 9.90. The summed E-state index contributed by atoms with van der Waals surface area (Å²) in [5.41, 5.74) is 0. The van der Waals surface area contributed by atoms with E-state index in [9.17, 15) is 0 Å². The Morgan fingerprint density at radius 3 is 0.357 bits per heavy atom. The van der Waals surface area contributed by atoms with Crippen molar-refractivity contribution in [2.75, 3.05) is 42.7 Å². The van der Waals surface area contributed by atoms with E-state index in [2.05, 4.69) is 0 Å². The van der Waals surface area contributed by atoms with E-state index in [0.29, 0.717) is 0 Å². The van der Waals surface area contributed by atoms with Crippen molar-refractivity contribution in [1.82, 2.24) is 0 Å². The van der Waals surface area contributed by atoms with E-state index >= 15 is 0 Å². The Morgan fingerprint density at radius 1 is 0.357 bits per heavy atom. The van der Waals surface area contributed by atoms with Crippen LogP contribution < -0.4 is 60.2 Å². The fourth-order valence-corrected chi connectivity index (χ4v) is 0. The summed E-state index contributed by atoms with van der Waals surface area (Å²) < 4.78 is 0. The molecule has 0 radical (unpaired) electrons. The van der Waals surface area contributed by atoms with Crippen LogP contribution in [0, 0.1) is 0 Å². The van der Waals surface area contributed by atoms with Crippen molar-refractivity contribution in [2.45, 2.75) is 0 Å². The van der Waals surface area contributed by atoms with E-state index in [1.807, 2.05) is 0 Å². The average molecular weight is 390 g/mol. The van der Waals surface area contributed by atoms with Crippen LogP contribution in [0.3, 0.4) is 0 Å². The molecule has 0 saturated carbocycles. The molecule has 0 aromatic carbocycles. The molecule has 0 aliphatic carbocycles. The molecule has 0 amide bonds. The summed E-state index contributed by atoms with van der Waals surface area (Å²) in [6.07, 6.45) is 0. The molecule has 0 N–H and O–H groups in total. The summed E-state index contributed by atoms with van der Waals surface area (Å²) >= 11 is 0. The normalized spacial score (nSPS) is 2.57. The Hall–Kier alpha value is 1.50. The largest absolute Gasteiger partial charge is 5.00 e. The molecule has 84 valence electrons. The predicted molar refractivity (Wildman–Crippen MR) is 35.5 cm³/mol. The van der Waals surface area contributed by atoms with Gasteiger partial charge in [0, 0.05) is 0 Å². The second-order valence-corrected chi connectivity index (χ2v) is 0. The number of rotatable bonds is 0. The van der Waals surface area contributed by atoms with Crippen LogP contribution in [0.5, 0.6) is 0 Å². The molecule has 8 heteroatoms. The topological polar surface area (TPSA) is 138 Å². The van der Waals surface area contributed by atoms with Crippen molar-refractivity contribution in [2.24, 2.45) is 0 Å². The van der Waals surface area contributed by atoms with Crippen LogP contribution in [0.1, 0.15) is 0 Å². The number of hydrogen-bond donors (Lipinski definition) is 0. The quantitative estimate of drug-likeness (QED) is 0.377. The molecular weight excluding hydrogens is 372 g/mol. The van der Waals surface area contributed by atoms with Gasteiger partial charge in [-0.05, 0) is 0 Å². The number of hydrogen-bond acceptors (Lipinski definition) is 6. The monoisotopic (exact) mass is 390 g/mol. The molecule has 0 aliphatic heterocycles. The van der Waals surface area contributed by atoms with Crippen molar-refractivity contribution >= 4 is 0 Å². The molecule has 0 heterocycles. The van der Waals surface area contributed by atoms with Gasteiger partial charge in [-0.3, -0.25) is 0 Å². The SMILES string of the molecule is C[O-].C[O-].C[O-].C[O-].C[O-].C[O-].[Na+].[Ta+5]. The minimum Gasteiger partial charge on any atom is -0.857 e. The maximum atomic E-state index is 8.25.